The Hall–Kier alpha value is -1.88. The largest absolute Gasteiger partial charge is 0.385 e. The van der Waals surface area contributed by atoms with Gasteiger partial charge in [0.15, 0.2) is 0 Å². The quantitative estimate of drug-likeness (QED) is 0.616. The topological polar surface area (TPSA) is 58.6 Å². The molecule has 0 heterocycles. The minimum atomic E-state index is -1.11. The molecular weight excluding hydrogens is 268 g/mol. The fourth-order valence-corrected chi connectivity index (χ4v) is 1.92. The zero-order valence-electron chi connectivity index (χ0n) is 13.2. The molecule has 5 heteroatoms. The van der Waals surface area contributed by atoms with Crippen LogP contribution in [0.3, 0.4) is 0 Å². The summed E-state index contributed by atoms with van der Waals surface area (Å²) < 4.78 is 4.93. The molecule has 21 heavy (non-hydrogen) atoms. The maximum atomic E-state index is 12.5. The molecule has 2 amide bonds. The third-order valence-electron chi connectivity index (χ3n) is 3.36. The number of nitrogens with one attached hydrogen (secondary N) is 1. The first-order valence-corrected chi connectivity index (χ1v) is 7.01. The Balaban J connectivity index is 2.67. The molecule has 0 aliphatic carbocycles. The second-order valence-electron chi connectivity index (χ2n) is 5.43. The third-order valence-corrected chi connectivity index (χ3v) is 3.36. The standard InChI is InChI=1S/C16H24N2O3/c1-16(2,14(19)17-11-8-12-21-4)15(20)18(3)13-9-6-5-7-10-13/h5-7,9-10H,8,11-12H2,1-4H3,(H,17,19). The molecule has 1 aromatic carbocycles. The van der Waals surface area contributed by atoms with Crippen LogP contribution in [0.1, 0.15) is 20.3 Å². The van der Waals surface area contributed by atoms with E-state index in [1.54, 1.807) is 28.0 Å². The van der Waals surface area contributed by atoms with Crippen molar-refractivity contribution in [3.63, 3.8) is 0 Å². The van der Waals surface area contributed by atoms with Crippen LogP contribution in [-0.4, -0.2) is 39.1 Å². The van der Waals surface area contributed by atoms with Crippen LogP contribution in [-0.2, 0) is 14.3 Å². The van der Waals surface area contributed by atoms with Crippen LogP contribution in [0.25, 0.3) is 0 Å². The van der Waals surface area contributed by atoms with Gasteiger partial charge in [0, 0.05) is 33.0 Å². The Labute approximate surface area is 126 Å². The Morgan fingerprint density at radius 2 is 1.86 bits per heavy atom. The maximum absolute atomic E-state index is 12.5. The highest BCUT2D eigenvalue weighted by Crippen LogP contribution is 2.22. The van der Waals surface area contributed by atoms with Gasteiger partial charge in [0.25, 0.3) is 0 Å². The smallest absolute Gasteiger partial charge is 0.241 e. The molecule has 1 rings (SSSR count). The van der Waals surface area contributed by atoms with Gasteiger partial charge in [-0.05, 0) is 32.4 Å². The van der Waals surface area contributed by atoms with Crippen molar-refractivity contribution in [3.8, 4) is 0 Å². The van der Waals surface area contributed by atoms with Crippen molar-refractivity contribution in [2.45, 2.75) is 20.3 Å². The van der Waals surface area contributed by atoms with Gasteiger partial charge in [0.1, 0.15) is 5.41 Å². The van der Waals surface area contributed by atoms with Gasteiger partial charge in [0.2, 0.25) is 11.8 Å². The van der Waals surface area contributed by atoms with Crippen molar-refractivity contribution in [1.82, 2.24) is 5.32 Å². The van der Waals surface area contributed by atoms with E-state index in [-0.39, 0.29) is 11.8 Å². The monoisotopic (exact) mass is 292 g/mol. The van der Waals surface area contributed by atoms with E-state index in [1.165, 1.54) is 4.90 Å². The Morgan fingerprint density at radius 3 is 2.43 bits per heavy atom. The number of para-hydroxylation sites is 1. The molecule has 0 aliphatic heterocycles. The molecule has 0 unspecified atom stereocenters. The number of ether oxygens (including phenoxy) is 1. The predicted molar refractivity (Wildman–Crippen MR) is 83.1 cm³/mol. The molecule has 0 spiro atoms. The summed E-state index contributed by atoms with van der Waals surface area (Å²) in [6.07, 6.45) is 0.723. The summed E-state index contributed by atoms with van der Waals surface area (Å²) in [4.78, 5) is 26.3. The number of hydrogen-bond donors (Lipinski definition) is 1. The molecule has 0 saturated carbocycles. The van der Waals surface area contributed by atoms with Gasteiger partial charge in [-0.15, -0.1) is 0 Å². The first kappa shape index (κ1) is 17.2. The van der Waals surface area contributed by atoms with Gasteiger partial charge in [-0.2, -0.15) is 0 Å². The molecule has 5 nitrogen and oxygen atoms in total. The Morgan fingerprint density at radius 1 is 1.24 bits per heavy atom. The number of methoxy groups -OCH3 is 1. The summed E-state index contributed by atoms with van der Waals surface area (Å²) in [5.74, 6) is -0.510. The second-order valence-corrected chi connectivity index (χ2v) is 5.43. The molecule has 116 valence electrons. The van der Waals surface area contributed by atoms with Gasteiger partial charge in [-0.1, -0.05) is 18.2 Å². The number of rotatable bonds is 7. The van der Waals surface area contributed by atoms with E-state index < -0.39 is 5.41 Å². The lowest BCUT2D eigenvalue weighted by Crippen LogP contribution is -2.48. The SMILES string of the molecule is COCCCNC(=O)C(C)(C)C(=O)N(C)c1ccccc1. The highest BCUT2D eigenvalue weighted by Gasteiger charge is 2.38. The molecule has 0 bridgehead atoms. The van der Waals surface area contributed by atoms with Crippen LogP contribution in [0.2, 0.25) is 0 Å². The zero-order chi connectivity index (χ0) is 15.9. The molecule has 1 N–H and O–H groups in total. The van der Waals surface area contributed by atoms with Gasteiger partial charge in [-0.3, -0.25) is 9.59 Å². The minimum absolute atomic E-state index is 0.238. The number of amides is 2. The van der Waals surface area contributed by atoms with Crippen molar-refractivity contribution in [1.29, 1.82) is 0 Å². The summed E-state index contributed by atoms with van der Waals surface area (Å²) in [7, 11) is 3.29. The highest BCUT2D eigenvalue weighted by molar-refractivity contribution is 6.10. The van der Waals surface area contributed by atoms with Crippen LogP contribution >= 0.6 is 0 Å². The normalized spacial score (nSPS) is 11.0. The second kappa shape index (κ2) is 7.78. The fraction of sp³-hybridized carbons (Fsp3) is 0.500. The van der Waals surface area contributed by atoms with E-state index in [0.29, 0.717) is 13.2 Å². The van der Waals surface area contributed by atoms with E-state index >= 15 is 0 Å². The number of anilines is 1. The fourth-order valence-electron chi connectivity index (χ4n) is 1.92. The average molecular weight is 292 g/mol. The van der Waals surface area contributed by atoms with Crippen molar-refractivity contribution < 1.29 is 14.3 Å². The van der Waals surface area contributed by atoms with Crippen molar-refractivity contribution >= 4 is 17.5 Å². The summed E-state index contributed by atoms with van der Waals surface area (Å²) in [6, 6.07) is 9.28. The highest BCUT2D eigenvalue weighted by atomic mass is 16.5. The van der Waals surface area contributed by atoms with Crippen molar-refractivity contribution in [3.05, 3.63) is 30.3 Å². The molecule has 0 saturated heterocycles. The number of hydrogen-bond acceptors (Lipinski definition) is 3. The number of carbonyl (C=O) groups is 2. The summed E-state index contributed by atoms with van der Waals surface area (Å²) in [5, 5.41) is 2.78. The third kappa shape index (κ3) is 4.56. The number of carbonyl (C=O) groups excluding carboxylic acids is 2. The van der Waals surface area contributed by atoms with Crippen LogP contribution in [0.5, 0.6) is 0 Å². The number of benzene rings is 1. The van der Waals surface area contributed by atoms with E-state index in [4.69, 9.17) is 4.74 Å². The molecule has 0 aromatic heterocycles. The Kier molecular flexibility index (Phi) is 6.37. The molecular formula is C16H24N2O3. The molecule has 0 atom stereocenters. The van der Waals surface area contributed by atoms with Crippen molar-refractivity contribution in [2.75, 3.05) is 32.2 Å². The average Bonchev–Trinajstić information content (AvgIpc) is 2.50. The van der Waals surface area contributed by atoms with Gasteiger partial charge in [-0.25, -0.2) is 0 Å². The van der Waals surface area contributed by atoms with Gasteiger partial charge < -0.3 is 15.0 Å². The lowest BCUT2D eigenvalue weighted by Gasteiger charge is -2.28. The van der Waals surface area contributed by atoms with E-state index in [0.717, 1.165) is 12.1 Å². The lowest BCUT2D eigenvalue weighted by molar-refractivity contribution is -0.139. The Bertz CT molecular complexity index is 472. The molecule has 0 fully saturated rings. The van der Waals surface area contributed by atoms with E-state index in [1.807, 2.05) is 30.3 Å². The van der Waals surface area contributed by atoms with Crippen LogP contribution in [0.15, 0.2) is 30.3 Å². The summed E-state index contributed by atoms with van der Waals surface area (Å²) in [6.45, 7) is 4.36. The van der Waals surface area contributed by atoms with Crippen LogP contribution in [0, 0.1) is 5.41 Å². The van der Waals surface area contributed by atoms with Crippen LogP contribution < -0.4 is 10.2 Å². The van der Waals surface area contributed by atoms with E-state index in [2.05, 4.69) is 5.32 Å². The zero-order valence-corrected chi connectivity index (χ0v) is 13.2. The van der Waals surface area contributed by atoms with Crippen LogP contribution in [0.4, 0.5) is 5.69 Å². The molecule has 0 aliphatic rings. The molecule has 1 aromatic rings. The van der Waals surface area contributed by atoms with E-state index in [9.17, 15) is 9.59 Å². The summed E-state index contributed by atoms with van der Waals surface area (Å²) in [5.41, 5.74) is -0.347. The molecule has 0 radical (unpaired) electrons. The van der Waals surface area contributed by atoms with Crippen molar-refractivity contribution in [2.24, 2.45) is 5.41 Å². The number of nitrogens with zero attached hydrogens (tertiary/aromatic N) is 1. The lowest BCUT2D eigenvalue weighted by atomic mass is 9.90. The predicted octanol–water partition coefficient (Wildman–Crippen LogP) is 1.83. The summed E-state index contributed by atoms with van der Waals surface area (Å²) >= 11 is 0. The minimum Gasteiger partial charge on any atom is -0.385 e. The maximum Gasteiger partial charge on any atom is 0.241 e. The van der Waals surface area contributed by atoms with Gasteiger partial charge in [0.05, 0.1) is 0 Å². The first-order chi connectivity index (χ1) is 9.91. The van der Waals surface area contributed by atoms with Gasteiger partial charge >= 0.3 is 0 Å². The first-order valence-electron chi connectivity index (χ1n) is 7.01.